The molecule has 6 heteroatoms. The number of carbonyl (C=O) groups excluding carboxylic acids is 1. The molecule has 34 heavy (non-hydrogen) atoms. The number of fused-ring (bicyclic) bond motifs is 2. The Morgan fingerprint density at radius 2 is 1.82 bits per heavy atom. The van der Waals surface area contributed by atoms with Crippen molar-refractivity contribution in [2.24, 2.45) is 0 Å². The van der Waals surface area contributed by atoms with Crippen LogP contribution >= 0.6 is 0 Å². The van der Waals surface area contributed by atoms with E-state index in [4.69, 9.17) is 14.2 Å². The molecule has 0 bridgehead atoms. The summed E-state index contributed by atoms with van der Waals surface area (Å²) in [6, 6.07) is 12.3. The molecule has 3 heterocycles. The van der Waals surface area contributed by atoms with Gasteiger partial charge in [0.05, 0.1) is 31.8 Å². The molecular weight excluding hydrogens is 428 g/mol. The highest BCUT2D eigenvalue weighted by molar-refractivity contribution is 5.87. The number of aryl methyl sites for hydroxylation is 1. The highest BCUT2D eigenvalue weighted by atomic mass is 16.5. The minimum atomic E-state index is -0.306. The van der Waals surface area contributed by atoms with Gasteiger partial charge in [-0.1, -0.05) is 24.3 Å². The smallest absolute Gasteiger partial charge is 0.330 e. The molecule has 2 aromatic carbocycles. The van der Waals surface area contributed by atoms with Crippen LogP contribution in [0.5, 0.6) is 11.5 Å². The summed E-state index contributed by atoms with van der Waals surface area (Å²) in [6.45, 7) is 5.86. The molecule has 1 aromatic heterocycles. The second-order valence-corrected chi connectivity index (χ2v) is 8.79. The van der Waals surface area contributed by atoms with Gasteiger partial charge in [0.1, 0.15) is 11.5 Å². The number of esters is 1. The summed E-state index contributed by atoms with van der Waals surface area (Å²) in [6.07, 6.45) is 8.23. The first-order valence-electron chi connectivity index (χ1n) is 12.0. The molecule has 2 unspecified atom stereocenters. The van der Waals surface area contributed by atoms with Crippen LogP contribution in [-0.4, -0.2) is 35.8 Å². The van der Waals surface area contributed by atoms with Crippen LogP contribution in [0.4, 0.5) is 0 Å². The summed E-state index contributed by atoms with van der Waals surface area (Å²) in [4.78, 5) is 18.8. The van der Waals surface area contributed by atoms with Crippen molar-refractivity contribution in [2.75, 3.05) is 19.8 Å². The Bertz CT molecular complexity index is 1210. The molecular formula is C28H30N2O4. The summed E-state index contributed by atoms with van der Waals surface area (Å²) in [5.74, 6) is 2.95. The number of nitrogens with one attached hydrogen (secondary N) is 1. The molecule has 3 aliphatic rings. The normalized spacial score (nSPS) is 19.5. The molecule has 3 aromatic rings. The number of aromatic nitrogens is 2. The predicted molar refractivity (Wildman–Crippen MR) is 130 cm³/mol. The van der Waals surface area contributed by atoms with Gasteiger partial charge in [0.15, 0.2) is 0 Å². The Morgan fingerprint density at radius 3 is 2.56 bits per heavy atom. The van der Waals surface area contributed by atoms with Gasteiger partial charge in [-0.05, 0) is 55.5 Å². The van der Waals surface area contributed by atoms with Gasteiger partial charge in [-0.3, -0.25) is 0 Å². The third-order valence-electron chi connectivity index (χ3n) is 6.65. The van der Waals surface area contributed by atoms with Crippen LogP contribution in [0.3, 0.4) is 0 Å². The third-order valence-corrected chi connectivity index (χ3v) is 6.65. The standard InChI is InChI=1S/C15H16N2O.C13H14O3/c1-9-15(17-8-16-9)13-7-12(13)10-3-2-4-14-11(10)5-6-18-14;1-2-15-13(14)7-6-10-4-3-5-12-11(10)8-9-16-12/h2-4,8,12-13H,5-7H2,1H3,(H,16,17);3-7H,2,8-9H2,1H3/b;7-6+. The van der Waals surface area contributed by atoms with Gasteiger partial charge in [-0.25, -0.2) is 9.78 Å². The van der Waals surface area contributed by atoms with Crippen molar-refractivity contribution >= 4 is 12.0 Å². The van der Waals surface area contributed by atoms with Crippen molar-refractivity contribution in [3.05, 3.63) is 82.4 Å². The number of aromatic amines is 1. The molecule has 0 spiro atoms. The van der Waals surface area contributed by atoms with Crippen LogP contribution in [0.1, 0.15) is 58.8 Å². The number of benzene rings is 2. The van der Waals surface area contributed by atoms with Crippen molar-refractivity contribution in [1.29, 1.82) is 0 Å². The molecule has 2 aliphatic heterocycles. The quantitative estimate of drug-likeness (QED) is 0.424. The van der Waals surface area contributed by atoms with Gasteiger partial charge in [-0.2, -0.15) is 0 Å². The van der Waals surface area contributed by atoms with Gasteiger partial charge in [0.25, 0.3) is 0 Å². The Balaban J connectivity index is 0.000000143. The second-order valence-electron chi connectivity index (χ2n) is 8.79. The Morgan fingerprint density at radius 1 is 1.09 bits per heavy atom. The maximum Gasteiger partial charge on any atom is 0.330 e. The van der Waals surface area contributed by atoms with E-state index < -0.39 is 0 Å². The lowest BCUT2D eigenvalue weighted by atomic mass is 9.99. The summed E-state index contributed by atoms with van der Waals surface area (Å²) in [7, 11) is 0. The zero-order valence-corrected chi connectivity index (χ0v) is 19.7. The zero-order valence-electron chi connectivity index (χ0n) is 19.7. The van der Waals surface area contributed by atoms with Crippen LogP contribution in [0, 0.1) is 6.92 Å². The van der Waals surface area contributed by atoms with E-state index >= 15 is 0 Å². The van der Waals surface area contributed by atoms with Crippen molar-refractivity contribution < 1.29 is 19.0 Å². The monoisotopic (exact) mass is 458 g/mol. The largest absolute Gasteiger partial charge is 0.493 e. The highest BCUT2D eigenvalue weighted by Crippen LogP contribution is 2.56. The number of hydrogen-bond donors (Lipinski definition) is 1. The minimum absolute atomic E-state index is 0.306. The predicted octanol–water partition coefficient (Wildman–Crippen LogP) is 5.12. The van der Waals surface area contributed by atoms with Gasteiger partial charge in [-0.15, -0.1) is 0 Å². The third kappa shape index (κ3) is 4.58. The molecule has 176 valence electrons. The number of hydrogen-bond acceptors (Lipinski definition) is 5. The summed E-state index contributed by atoms with van der Waals surface area (Å²) >= 11 is 0. The van der Waals surface area contributed by atoms with Crippen LogP contribution in [0.15, 0.2) is 48.8 Å². The summed E-state index contributed by atoms with van der Waals surface area (Å²) in [5, 5.41) is 0. The number of ether oxygens (including phenoxy) is 3. The molecule has 0 amide bonds. The molecule has 1 saturated carbocycles. The van der Waals surface area contributed by atoms with E-state index in [9.17, 15) is 4.79 Å². The number of rotatable bonds is 5. The van der Waals surface area contributed by atoms with E-state index in [0.29, 0.717) is 18.4 Å². The average Bonchev–Trinajstić information content (AvgIpc) is 3.20. The van der Waals surface area contributed by atoms with E-state index in [2.05, 4.69) is 35.1 Å². The number of imidazole rings is 1. The van der Waals surface area contributed by atoms with Gasteiger partial charge < -0.3 is 19.2 Å². The van der Waals surface area contributed by atoms with Crippen molar-refractivity contribution in [3.8, 4) is 11.5 Å². The zero-order chi connectivity index (χ0) is 23.5. The van der Waals surface area contributed by atoms with Crippen LogP contribution in [0.2, 0.25) is 0 Å². The van der Waals surface area contributed by atoms with E-state index in [-0.39, 0.29) is 5.97 Å². The molecule has 6 nitrogen and oxygen atoms in total. The first-order valence-corrected chi connectivity index (χ1v) is 12.0. The van der Waals surface area contributed by atoms with E-state index in [1.54, 1.807) is 19.3 Å². The van der Waals surface area contributed by atoms with Crippen LogP contribution in [0.25, 0.3) is 6.08 Å². The lowest BCUT2D eigenvalue weighted by Crippen LogP contribution is -1.98. The van der Waals surface area contributed by atoms with E-state index in [0.717, 1.165) is 43.1 Å². The van der Waals surface area contributed by atoms with Crippen molar-refractivity contribution in [1.82, 2.24) is 9.97 Å². The molecule has 2 atom stereocenters. The maximum atomic E-state index is 11.2. The SMILES string of the molecule is CCOC(=O)/C=C/c1cccc2c1CCO2.Cc1[nH]cnc1C1CC1c1cccc2c1CCO2. The average molecular weight is 459 g/mol. The minimum Gasteiger partial charge on any atom is -0.493 e. The van der Waals surface area contributed by atoms with Crippen molar-refractivity contribution in [3.63, 3.8) is 0 Å². The lowest BCUT2D eigenvalue weighted by Gasteiger charge is -2.06. The fourth-order valence-electron chi connectivity index (χ4n) is 4.93. The summed E-state index contributed by atoms with van der Waals surface area (Å²) < 4.78 is 15.9. The number of H-pyrrole nitrogens is 1. The Kier molecular flexibility index (Phi) is 6.39. The Labute approximate surface area is 200 Å². The van der Waals surface area contributed by atoms with Gasteiger partial charge in [0.2, 0.25) is 0 Å². The molecule has 0 radical (unpaired) electrons. The Hall–Kier alpha value is -3.54. The van der Waals surface area contributed by atoms with Crippen molar-refractivity contribution in [2.45, 2.75) is 44.9 Å². The van der Waals surface area contributed by atoms with E-state index in [1.165, 1.54) is 40.6 Å². The van der Waals surface area contributed by atoms with Gasteiger partial charge in [0, 0.05) is 41.7 Å². The van der Waals surface area contributed by atoms with Gasteiger partial charge >= 0.3 is 5.97 Å². The fourth-order valence-corrected chi connectivity index (χ4v) is 4.93. The first kappa shape index (κ1) is 22.3. The van der Waals surface area contributed by atoms with Crippen LogP contribution in [-0.2, 0) is 22.4 Å². The molecule has 1 N–H and O–H groups in total. The summed E-state index contributed by atoms with van der Waals surface area (Å²) in [5.41, 5.74) is 7.57. The molecule has 6 rings (SSSR count). The maximum absolute atomic E-state index is 11.2. The second kappa shape index (κ2) is 9.75. The fraction of sp³-hybridized carbons (Fsp3) is 0.357. The topological polar surface area (TPSA) is 73.4 Å². The lowest BCUT2D eigenvalue weighted by molar-refractivity contribution is -0.137. The first-order chi connectivity index (χ1) is 16.7. The highest BCUT2D eigenvalue weighted by Gasteiger charge is 2.43. The number of carbonyl (C=O) groups is 1. The molecule has 1 fully saturated rings. The number of nitrogens with zero attached hydrogens (tertiary/aromatic N) is 1. The molecule has 1 aliphatic carbocycles. The van der Waals surface area contributed by atoms with E-state index in [1.807, 2.05) is 18.2 Å². The van der Waals surface area contributed by atoms with Crippen LogP contribution < -0.4 is 9.47 Å². The molecule has 0 saturated heterocycles.